The average Bonchev–Trinajstić information content (AvgIpc) is 3.09. The number of aromatic nitrogens is 3. The lowest BCUT2D eigenvalue weighted by atomic mass is 10.3. The van der Waals surface area contributed by atoms with Crippen LogP contribution in [0.15, 0.2) is 29.0 Å². The van der Waals surface area contributed by atoms with Crippen molar-refractivity contribution in [2.45, 2.75) is 13.0 Å². The van der Waals surface area contributed by atoms with Crippen molar-refractivity contribution in [2.75, 3.05) is 13.1 Å². The van der Waals surface area contributed by atoms with Crippen LogP contribution >= 0.6 is 0 Å². The summed E-state index contributed by atoms with van der Waals surface area (Å²) in [5.41, 5.74) is -0.127. The minimum absolute atomic E-state index is 0.127. The van der Waals surface area contributed by atoms with Gasteiger partial charge in [-0.1, -0.05) is 5.21 Å². The number of nitrogens with zero attached hydrogens (tertiary/aromatic N) is 3. The van der Waals surface area contributed by atoms with Gasteiger partial charge in [-0.2, -0.15) is 0 Å². The molecule has 0 saturated heterocycles. The fourth-order valence-corrected chi connectivity index (χ4v) is 1.61. The molecule has 2 amide bonds. The van der Waals surface area contributed by atoms with Gasteiger partial charge in [-0.3, -0.25) is 0 Å². The van der Waals surface area contributed by atoms with Crippen molar-refractivity contribution in [1.29, 1.82) is 0 Å². The van der Waals surface area contributed by atoms with E-state index >= 15 is 0 Å². The van der Waals surface area contributed by atoms with Crippen LogP contribution in [0.5, 0.6) is 0 Å². The van der Waals surface area contributed by atoms with E-state index in [0.717, 1.165) is 5.76 Å². The third-order valence-electron chi connectivity index (χ3n) is 2.62. The summed E-state index contributed by atoms with van der Waals surface area (Å²) in [6.07, 6.45) is 3.50. The van der Waals surface area contributed by atoms with Crippen molar-refractivity contribution in [3.8, 4) is 0 Å². The summed E-state index contributed by atoms with van der Waals surface area (Å²) in [5.74, 6) is -0.330. The minimum atomic E-state index is -1.13. The Hall–Kier alpha value is -2.84. The van der Waals surface area contributed by atoms with Gasteiger partial charge in [0.05, 0.1) is 19.0 Å². The van der Waals surface area contributed by atoms with Crippen molar-refractivity contribution in [3.05, 3.63) is 36.0 Å². The molecule has 9 heteroatoms. The Morgan fingerprint density at radius 2 is 2.14 bits per heavy atom. The van der Waals surface area contributed by atoms with Gasteiger partial charge in [0, 0.05) is 19.5 Å². The van der Waals surface area contributed by atoms with Crippen molar-refractivity contribution < 1.29 is 19.1 Å². The van der Waals surface area contributed by atoms with Crippen molar-refractivity contribution >= 4 is 12.0 Å². The van der Waals surface area contributed by atoms with Gasteiger partial charge in [0.2, 0.25) is 0 Å². The fourth-order valence-electron chi connectivity index (χ4n) is 1.61. The Balaban J connectivity index is 1.61. The van der Waals surface area contributed by atoms with Crippen LogP contribution in [0.3, 0.4) is 0 Å². The summed E-state index contributed by atoms with van der Waals surface area (Å²) >= 11 is 0. The molecule has 0 aromatic carbocycles. The van der Waals surface area contributed by atoms with Gasteiger partial charge in [-0.15, -0.1) is 5.10 Å². The number of rotatable bonds is 7. The molecule has 21 heavy (non-hydrogen) atoms. The number of carboxylic acid groups (broad SMARTS) is 1. The molecule has 0 spiro atoms. The van der Waals surface area contributed by atoms with Gasteiger partial charge < -0.3 is 20.2 Å². The zero-order valence-corrected chi connectivity index (χ0v) is 11.2. The van der Waals surface area contributed by atoms with E-state index in [1.54, 1.807) is 12.3 Å². The summed E-state index contributed by atoms with van der Waals surface area (Å²) in [6, 6.07) is 3.32. The highest BCUT2D eigenvalue weighted by Crippen LogP contribution is 1.99. The number of nitrogens with one attached hydrogen (secondary N) is 2. The standard InChI is InChI=1S/C12H15N5O4/c18-11(19)10-8-17(16-15-10)6-5-14-12(20)13-4-3-9-2-1-7-21-9/h1-2,7-8H,3-6H2,(H,18,19)(H2,13,14,20). The van der Waals surface area contributed by atoms with Crippen LogP contribution in [0.2, 0.25) is 0 Å². The molecule has 9 nitrogen and oxygen atoms in total. The third kappa shape index (κ3) is 4.64. The lowest BCUT2D eigenvalue weighted by Crippen LogP contribution is -2.38. The number of carboxylic acids is 1. The van der Waals surface area contributed by atoms with E-state index in [9.17, 15) is 9.59 Å². The van der Waals surface area contributed by atoms with E-state index in [0.29, 0.717) is 26.1 Å². The molecule has 2 rings (SSSR count). The van der Waals surface area contributed by atoms with E-state index in [1.165, 1.54) is 10.9 Å². The number of furan rings is 1. The SMILES string of the molecule is O=C(NCCc1ccco1)NCCn1cc(C(=O)O)nn1. The largest absolute Gasteiger partial charge is 0.476 e. The lowest BCUT2D eigenvalue weighted by molar-refractivity contribution is 0.0690. The van der Waals surface area contributed by atoms with Gasteiger partial charge in [0.1, 0.15) is 5.76 Å². The summed E-state index contributed by atoms with van der Waals surface area (Å²) < 4.78 is 6.49. The van der Waals surface area contributed by atoms with Crippen LogP contribution in [0.1, 0.15) is 16.2 Å². The van der Waals surface area contributed by atoms with Crippen molar-refractivity contribution in [2.24, 2.45) is 0 Å². The molecule has 2 aromatic rings. The van der Waals surface area contributed by atoms with Gasteiger partial charge in [-0.25, -0.2) is 14.3 Å². The molecule has 2 heterocycles. The summed E-state index contributed by atoms with van der Waals surface area (Å²) in [4.78, 5) is 22.1. The maximum Gasteiger partial charge on any atom is 0.358 e. The van der Waals surface area contributed by atoms with Gasteiger partial charge in [0.15, 0.2) is 5.69 Å². The Labute approximate surface area is 119 Å². The molecule has 0 aliphatic heterocycles. The molecule has 0 unspecified atom stereocenters. The highest BCUT2D eigenvalue weighted by Gasteiger charge is 2.08. The van der Waals surface area contributed by atoms with Crippen LogP contribution in [0.25, 0.3) is 0 Å². The molecule has 0 atom stereocenters. The Morgan fingerprint density at radius 3 is 2.81 bits per heavy atom. The first-order valence-corrected chi connectivity index (χ1v) is 6.32. The zero-order valence-electron chi connectivity index (χ0n) is 11.2. The number of amides is 2. The zero-order chi connectivity index (χ0) is 15.1. The summed E-state index contributed by atoms with van der Waals surface area (Å²) in [5, 5.41) is 21.1. The van der Waals surface area contributed by atoms with Crippen LogP contribution in [-0.2, 0) is 13.0 Å². The molecule has 3 N–H and O–H groups in total. The summed E-state index contributed by atoms with van der Waals surface area (Å²) in [6.45, 7) is 1.12. The number of carbonyl (C=O) groups excluding carboxylic acids is 1. The van der Waals surface area contributed by atoms with E-state index in [2.05, 4.69) is 20.9 Å². The summed E-state index contributed by atoms with van der Waals surface area (Å²) in [7, 11) is 0. The normalized spacial score (nSPS) is 10.3. The number of hydrogen-bond acceptors (Lipinski definition) is 5. The first kappa shape index (κ1) is 14.6. The Kier molecular flexibility index (Phi) is 4.91. The number of aromatic carboxylic acids is 1. The van der Waals surface area contributed by atoms with Gasteiger partial charge >= 0.3 is 12.0 Å². The molecular weight excluding hydrogens is 278 g/mol. The maximum absolute atomic E-state index is 11.5. The van der Waals surface area contributed by atoms with E-state index in [1.807, 2.05) is 6.07 Å². The molecular formula is C12H15N5O4. The predicted molar refractivity (Wildman–Crippen MR) is 70.8 cm³/mol. The predicted octanol–water partition coefficient (Wildman–Crippen LogP) is 0.111. The molecule has 0 saturated carbocycles. The van der Waals surface area contributed by atoms with Gasteiger partial charge in [0.25, 0.3) is 0 Å². The smallest absolute Gasteiger partial charge is 0.358 e. The Morgan fingerprint density at radius 1 is 1.33 bits per heavy atom. The van der Waals surface area contributed by atoms with Crippen molar-refractivity contribution in [3.63, 3.8) is 0 Å². The average molecular weight is 293 g/mol. The number of urea groups is 1. The first-order chi connectivity index (χ1) is 10.1. The molecule has 2 aromatic heterocycles. The second-order valence-electron chi connectivity index (χ2n) is 4.18. The molecule has 0 radical (unpaired) electrons. The second kappa shape index (κ2) is 7.08. The third-order valence-corrected chi connectivity index (χ3v) is 2.62. The van der Waals surface area contributed by atoms with E-state index < -0.39 is 5.97 Å². The topological polar surface area (TPSA) is 122 Å². The van der Waals surface area contributed by atoms with Crippen LogP contribution in [0, 0.1) is 0 Å². The maximum atomic E-state index is 11.5. The highest BCUT2D eigenvalue weighted by molar-refractivity contribution is 5.84. The Bertz CT molecular complexity index is 593. The lowest BCUT2D eigenvalue weighted by Gasteiger charge is -2.06. The molecule has 0 aliphatic carbocycles. The quantitative estimate of drug-likeness (QED) is 0.666. The molecule has 112 valence electrons. The van der Waals surface area contributed by atoms with Gasteiger partial charge in [-0.05, 0) is 12.1 Å². The van der Waals surface area contributed by atoms with E-state index in [4.69, 9.17) is 9.52 Å². The molecule has 0 aliphatic rings. The highest BCUT2D eigenvalue weighted by atomic mass is 16.4. The van der Waals surface area contributed by atoms with Crippen molar-refractivity contribution in [1.82, 2.24) is 25.6 Å². The number of hydrogen-bond donors (Lipinski definition) is 3. The molecule has 0 fully saturated rings. The monoisotopic (exact) mass is 293 g/mol. The first-order valence-electron chi connectivity index (χ1n) is 6.32. The molecule has 0 bridgehead atoms. The number of carbonyl (C=O) groups is 2. The fraction of sp³-hybridized carbons (Fsp3) is 0.333. The minimum Gasteiger partial charge on any atom is -0.476 e. The van der Waals surface area contributed by atoms with E-state index in [-0.39, 0.29) is 11.7 Å². The van der Waals surface area contributed by atoms with Crippen LogP contribution in [0.4, 0.5) is 4.79 Å². The van der Waals surface area contributed by atoms with Crippen LogP contribution in [-0.4, -0.2) is 45.2 Å². The van der Waals surface area contributed by atoms with Crippen LogP contribution < -0.4 is 10.6 Å². The second-order valence-corrected chi connectivity index (χ2v) is 4.18.